The SMILES string of the molecule is COc1cc(CNc2cccc(Cl)n2)ccn1. The number of pyridine rings is 2. The average molecular weight is 250 g/mol. The van der Waals surface area contributed by atoms with Gasteiger partial charge >= 0.3 is 0 Å². The van der Waals surface area contributed by atoms with Crippen molar-refractivity contribution in [1.29, 1.82) is 0 Å². The molecule has 0 amide bonds. The number of halogens is 1. The van der Waals surface area contributed by atoms with Gasteiger partial charge in [0.05, 0.1) is 7.11 Å². The van der Waals surface area contributed by atoms with Gasteiger partial charge in [0.15, 0.2) is 0 Å². The lowest BCUT2D eigenvalue weighted by Gasteiger charge is -2.06. The third-order valence-corrected chi connectivity index (χ3v) is 2.41. The highest BCUT2D eigenvalue weighted by Gasteiger charge is 1.98. The van der Waals surface area contributed by atoms with E-state index in [0.717, 1.165) is 11.4 Å². The first-order valence-corrected chi connectivity index (χ1v) is 5.51. The van der Waals surface area contributed by atoms with Gasteiger partial charge in [0, 0.05) is 18.8 Å². The van der Waals surface area contributed by atoms with Crippen LogP contribution >= 0.6 is 11.6 Å². The molecule has 2 aromatic heterocycles. The summed E-state index contributed by atoms with van der Waals surface area (Å²) in [5.74, 6) is 1.34. The summed E-state index contributed by atoms with van der Waals surface area (Å²) in [7, 11) is 1.60. The van der Waals surface area contributed by atoms with Crippen molar-refractivity contribution >= 4 is 17.4 Å². The lowest BCUT2D eigenvalue weighted by Crippen LogP contribution is -2.01. The molecule has 0 aromatic carbocycles. The quantitative estimate of drug-likeness (QED) is 0.847. The molecule has 0 aliphatic heterocycles. The zero-order valence-corrected chi connectivity index (χ0v) is 10.1. The van der Waals surface area contributed by atoms with Gasteiger partial charge in [-0.05, 0) is 23.8 Å². The van der Waals surface area contributed by atoms with Crippen molar-refractivity contribution in [2.24, 2.45) is 0 Å². The third-order valence-electron chi connectivity index (χ3n) is 2.20. The normalized spacial score (nSPS) is 10.0. The van der Waals surface area contributed by atoms with Crippen molar-refractivity contribution in [3.05, 3.63) is 47.2 Å². The minimum absolute atomic E-state index is 0.474. The lowest BCUT2D eigenvalue weighted by molar-refractivity contribution is 0.397. The van der Waals surface area contributed by atoms with Crippen molar-refractivity contribution in [2.45, 2.75) is 6.54 Å². The number of rotatable bonds is 4. The van der Waals surface area contributed by atoms with Crippen LogP contribution in [0.4, 0.5) is 5.82 Å². The molecule has 0 fully saturated rings. The van der Waals surface area contributed by atoms with Gasteiger partial charge in [-0.3, -0.25) is 0 Å². The number of nitrogens with one attached hydrogen (secondary N) is 1. The number of hydrogen-bond acceptors (Lipinski definition) is 4. The molecule has 5 heteroatoms. The van der Waals surface area contributed by atoms with Gasteiger partial charge in [-0.15, -0.1) is 0 Å². The maximum Gasteiger partial charge on any atom is 0.213 e. The summed E-state index contributed by atoms with van der Waals surface area (Å²) in [4.78, 5) is 8.18. The largest absolute Gasteiger partial charge is 0.481 e. The van der Waals surface area contributed by atoms with E-state index in [4.69, 9.17) is 16.3 Å². The van der Waals surface area contributed by atoms with Gasteiger partial charge in [-0.25, -0.2) is 9.97 Å². The molecule has 2 heterocycles. The van der Waals surface area contributed by atoms with Gasteiger partial charge in [0.25, 0.3) is 0 Å². The second kappa shape index (κ2) is 5.50. The maximum absolute atomic E-state index is 5.79. The molecule has 0 atom stereocenters. The average Bonchev–Trinajstić information content (AvgIpc) is 2.37. The summed E-state index contributed by atoms with van der Waals surface area (Å²) in [5, 5.41) is 3.65. The molecule has 0 spiro atoms. The second-order valence-electron chi connectivity index (χ2n) is 3.41. The molecule has 17 heavy (non-hydrogen) atoms. The first-order chi connectivity index (χ1) is 8.28. The number of anilines is 1. The minimum atomic E-state index is 0.474. The van der Waals surface area contributed by atoms with Crippen LogP contribution < -0.4 is 10.1 Å². The van der Waals surface area contributed by atoms with E-state index in [1.807, 2.05) is 24.3 Å². The molecule has 0 aliphatic rings. The van der Waals surface area contributed by atoms with Crippen LogP contribution in [0.25, 0.3) is 0 Å². The van der Waals surface area contributed by atoms with Gasteiger partial charge in [-0.2, -0.15) is 0 Å². The molecular weight excluding hydrogens is 238 g/mol. The smallest absolute Gasteiger partial charge is 0.213 e. The number of methoxy groups -OCH3 is 1. The number of aromatic nitrogens is 2. The van der Waals surface area contributed by atoms with Crippen molar-refractivity contribution in [3.8, 4) is 5.88 Å². The van der Waals surface area contributed by atoms with E-state index in [1.54, 1.807) is 19.4 Å². The minimum Gasteiger partial charge on any atom is -0.481 e. The highest BCUT2D eigenvalue weighted by molar-refractivity contribution is 6.29. The molecule has 0 aliphatic carbocycles. The summed E-state index contributed by atoms with van der Waals surface area (Å²) in [5.41, 5.74) is 1.07. The van der Waals surface area contributed by atoms with E-state index >= 15 is 0 Å². The van der Waals surface area contributed by atoms with Gasteiger partial charge in [0.2, 0.25) is 5.88 Å². The van der Waals surface area contributed by atoms with Gasteiger partial charge < -0.3 is 10.1 Å². The Kier molecular flexibility index (Phi) is 3.77. The maximum atomic E-state index is 5.79. The Labute approximate surface area is 105 Å². The third kappa shape index (κ3) is 3.32. The van der Waals surface area contributed by atoms with Crippen LogP contribution in [0.3, 0.4) is 0 Å². The molecule has 0 unspecified atom stereocenters. The van der Waals surface area contributed by atoms with E-state index < -0.39 is 0 Å². The fraction of sp³-hybridized carbons (Fsp3) is 0.167. The Morgan fingerprint density at radius 1 is 1.35 bits per heavy atom. The highest BCUT2D eigenvalue weighted by atomic mass is 35.5. The number of hydrogen-bond donors (Lipinski definition) is 1. The van der Waals surface area contributed by atoms with Crippen molar-refractivity contribution in [2.75, 3.05) is 12.4 Å². The fourth-order valence-corrected chi connectivity index (χ4v) is 1.54. The Morgan fingerprint density at radius 3 is 3.00 bits per heavy atom. The topological polar surface area (TPSA) is 47.0 Å². The van der Waals surface area contributed by atoms with Crippen molar-refractivity contribution < 1.29 is 4.74 Å². The molecule has 88 valence electrons. The standard InChI is InChI=1S/C12H12ClN3O/c1-17-12-7-9(5-6-14-12)8-15-11-4-2-3-10(13)16-11/h2-7H,8H2,1H3,(H,15,16). The van der Waals surface area contributed by atoms with Gasteiger partial charge in [-0.1, -0.05) is 17.7 Å². The molecule has 2 rings (SSSR count). The molecule has 0 saturated carbocycles. The molecule has 2 aromatic rings. The van der Waals surface area contributed by atoms with Crippen LogP contribution in [0, 0.1) is 0 Å². The van der Waals surface area contributed by atoms with Crippen LogP contribution in [-0.4, -0.2) is 17.1 Å². The van der Waals surface area contributed by atoms with Crippen molar-refractivity contribution in [1.82, 2.24) is 9.97 Å². The molecule has 0 saturated heterocycles. The summed E-state index contributed by atoms with van der Waals surface area (Å²) in [6.45, 7) is 0.645. The number of ether oxygens (including phenoxy) is 1. The molecule has 0 bridgehead atoms. The van der Waals surface area contributed by atoms with Crippen LogP contribution in [0.2, 0.25) is 5.15 Å². The Morgan fingerprint density at radius 2 is 2.24 bits per heavy atom. The van der Waals surface area contributed by atoms with Gasteiger partial charge in [0.1, 0.15) is 11.0 Å². The van der Waals surface area contributed by atoms with E-state index in [9.17, 15) is 0 Å². The predicted octanol–water partition coefficient (Wildman–Crippen LogP) is 2.75. The molecule has 1 N–H and O–H groups in total. The summed E-state index contributed by atoms with van der Waals surface area (Å²) in [6.07, 6.45) is 1.71. The molecule has 0 radical (unpaired) electrons. The first kappa shape index (κ1) is 11.7. The van der Waals surface area contributed by atoms with E-state index in [2.05, 4.69) is 15.3 Å². The van der Waals surface area contributed by atoms with E-state index in [0.29, 0.717) is 17.6 Å². The molecule has 4 nitrogen and oxygen atoms in total. The van der Waals surface area contributed by atoms with E-state index in [-0.39, 0.29) is 0 Å². The Balaban J connectivity index is 2.02. The zero-order valence-electron chi connectivity index (χ0n) is 9.35. The van der Waals surface area contributed by atoms with E-state index in [1.165, 1.54) is 0 Å². The Bertz CT molecular complexity index is 505. The lowest BCUT2D eigenvalue weighted by atomic mass is 10.2. The number of nitrogens with zero attached hydrogens (tertiary/aromatic N) is 2. The van der Waals surface area contributed by atoms with Crippen LogP contribution in [-0.2, 0) is 6.54 Å². The van der Waals surface area contributed by atoms with Crippen LogP contribution in [0.1, 0.15) is 5.56 Å². The summed E-state index contributed by atoms with van der Waals surface area (Å²) < 4.78 is 5.05. The van der Waals surface area contributed by atoms with Crippen LogP contribution in [0.15, 0.2) is 36.5 Å². The van der Waals surface area contributed by atoms with Crippen LogP contribution in [0.5, 0.6) is 5.88 Å². The fourth-order valence-electron chi connectivity index (χ4n) is 1.37. The predicted molar refractivity (Wildman–Crippen MR) is 67.4 cm³/mol. The molecular formula is C12H12ClN3O. The zero-order chi connectivity index (χ0) is 12.1. The van der Waals surface area contributed by atoms with Crippen molar-refractivity contribution in [3.63, 3.8) is 0 Å². The summed E-state index contributed by atoms with van der Waals surface area (Å²) in [6, 6.07) is 9.24. The monoisotopic (exact) mass is 249 g/mol. The second-order valence-corrected chi connectivity index (χ2v) is 3.79. The Hall–Kier alpha value is -1.81. The summed E-state index contributed by atoms with van der Waals surface area (Å²) >= 11 is 5.79. The first-order valence-electron chi connectivity index (χ1n) is 5.13. The highest BCUT2D eigenvalue weighted by Crippen LogP contribution is 2.12.